The van der Waals surface area contributed by atoms with Crippen LogP contribution in [-0.4, -0.2) is 34.5 Å². The van der Waals surface area contributed by atoms with Crippen molar-refractivity contribution in [2.75, 3.05) is 6.26 Å². The average Bonchev–Trinajstić information content (AvgIpc) is 3.19. The molecule has 164 valence electrons. The van der Waals surface area contributed by atoms with Crippen molar-refractivity contribution in [3.05, 3.63) is 83.6 Å². The first-order chi connectivity index (χ1) is 15.0. The van der Waals surface area contributed by atoms with E-state index in [4.69, 9.17) is 11.6 Å². The number of sulfone groups is 1. The van der Waals surface area contributed by atoms with Crippen molar-refractivity contribution >= 4 is 21.4 Å². The Morgan fingerprint density at radius 1 is 1.00 bits per heavy atom. The van der Waals surface area contributed by atoms with E-state index in [1.807, 2.05) is 36.4 Å². The Morgan fingerprint density at radius 3 is 2.38 bits per heavy atom. The predicted octanol–water partition coefficient (Wildman–Crippen LogP) is 4.89. The van der Waals surface area contributed by atoms with Gasteiger partial charge in [0.2, 0.25) is 0 Å². The third-order valence-electron chi connectivity index (χ3n) is 5.04. The number of benzene rings is 2. The Hall–Kier alpha value is -3.00. The van der Waals surface area contributed by atoms with Crippen molar-refractivity contribution in [3.8, 4) is 28.2 Å². The molecule has 0 atom stereocenters. The fourth-order valence-corrected chi connectivity index (χ4v) is 4.21. The number of rotatable bonds is 5. The normalized spacial score (nSPS) is 12.2. The third kappa shape index (κ3) is 4.46. The molecule has 4 aromatic rings. The summed E-state index contributed by atoms with van der Waals surface area (Å²) in [6.45, 7) is 3.35. The molecule has 0 bridgehead atoms. The Kier molecular flexibility index (Phi) is 5.67. The third-order valence-corrected chi connectivity index (χ3v) is 6.48. The minimum absolute atomic E-state index is 0.240. The molecule has 2 heterocycles. The summed E-state index contributed by atoms with van der Waals surface area (Å²) in [4.78, 5) is 4.77. The second-order valence-corrected chi connectivity index (χ2v) is 10.5. The first-order valence-electron chi connectivity index (χ1n) is 9.89. The van der Waals surface area contributed by atoms with Crippen molar-refractivity contribution in [3.63, 3.8) is 0 Å². The van der Waals surface area contributed by atoms with Crippen molar-refractivity contribution in [2.24, 2.45) is 0 Å². The van der Waals surface area contributed by atoms with E-state index in [9.17, 15) is 13.5 Å². The van der Waals surface area contributed by atoms with Gasteiger partial charge in [-0.25, -0.2) is 13.1 Å². The quantitative estimate of drug-likeness (QED) is 0.452. The summed E-state index contributed by atoms with van der Waals surface area (Å²) >= 11 is 6.43. The van der Waals surface area contributed by atoms with Gasteiger partial charge in [-0.05, 0) is 50.2 Å². The van der Waals surface area contributed by atoms with E-state index in [1.54, 1.807) is 55.1 Å². The molecule has 0 fully saturated rings. The number of aromatic nitrogens is 3. The maximum absolute atomic E-state index is 11.9. The number of aliphatic hydroxyl groups is 1. The first kappa shape index (κ1) is 22.2. The second kappa shape index (κ2) is 8.16. The van der Waals surface area contributed by atoms with Crippen molar-refractivity contribution < 1.29 is 13.5 Å². The molecule has 0 radical (unpaired) electrons. The van der Waals surface area contributed by atoms with Gasteiger partial charge in [-0.1, -0.05) is 41.9 Å². The van der Waals surface area contributed by atoms with Crippen LogP contribution < -0.4 is 0 Å². The largest absolute Gasteiger partial charge is 0.384 e. The Morgan fingerprint density at radius 2 is 1.75 bits per heavy atom. The van der Waals surface area contributed by atoms with Gasteiger partial charge in [-0.2, -0.15) is 5.10 Å². The summed E-state index contributed by atoms with van der Waals surface area (Å²) in [6.07, 6.45) is 2.83. The summed E-state index contributed by atoms with van der Waals surface area (Å²) in [5.41, 5.74) is 2.87. The second-order valence-electron chi connectivity index (χ2n) is 8.07. The summed E-state index contributed by atoms with van der Waals surface area (Å²) in [5.74, 6) is 0. The van der Waals surface area contributed by atoms with E-state index < -0.39 is 15.4 Å². The minimum Gasteiger partial charge on any atom is -0.384 e. The van der Waals surface area contributed by atoms with Crippen LogP contribution in [0, 0.1) is 0 Å². The lowest BCUT2D eigenvalue weighted by atomic mass is 10.0. The highest BCUT2D eigenvalue weighted by molar-refractivity contribution is 7.90. The van der Waals surface area contributed by atoms with Gasteiger partial charge in [0.25, 0.3) is 0 Å². The van der Waals surface area contributed by atoms with Gasteiger partial charge in [-0.3, -0.25) is 4.98 Å². The van der Waals surface area contributed by atoms with Crippen LogP contribution in [0.5, 0.6) is 0 Å². The van der Waals surface area contributed by atoms with Crippen molar-refractivity contribution in [1.82, 2.24) is 14.8 Å². The lowest BCUT2D eigenvalue weighted by Gasteiger charge is -2.13. The molecule has 0 spiro atoms. The van der Waals surface area contributed by atoms with E-state index in [-0.39, 0.29) is 4.90 Å². The molecule has 0 aliphatic carbocycles. The van der Waals surface area contributed by atoms with Crippen LogP contribution in [0.1, 0.15) is 19.5 Å². The predicted molar refractivity (Wildman–Crippen MR) is 126 cm³/mol. The Labute approximate surface area is 192 Å². The highest BCUT2D eigenvalue weighted by atomic mass is 35.5. The van der Waals surface area contributed by atoms with E-state index in [0.29, 0.717) is 27.7 Å². The summed E-state index contributed by atoms with van der Waals surface area (Å²) in [5, 5.41) is 15.7. The molecule has 0 aliphatic rings. The Balaban J connectivity index is 1.80. The molecular weight excluding hydrogens is 446 g/mol. The molecule has 2 aromatic heterocycles. The summed E-state index contributed by atoms with van der Waals surface area (Å²) in [6, 6.07) is 19.6. The van der Waals surface area contributed by atoms with Gasteiger partial charge in [0.1, 0.15) is 5.60 Å². The highest BCUT2D eigenvalue weighted by Gasteiger charge is 2.24. The molecular formula is C24H22ClN3O3S. The van der Waals surface area contributed by atoms with Crippen LogP contribution in [0.3, 0.4) is 0 Å². The topological polar surface area (TPSA) is 85.1 Å². The number of hydrogen-bond donors (Lipinski definition) is 1. The first-order valence-corrected chi connectivity index (χ1v) is 12.2. The molecule has 6 nitrogen and oxygen atoms in total. The van der Waals surface area contributed by atoms with Crippen molar-refractivity contribution in [1.29, 1.82) is 0 Å². The molecule has 4 rings (SSSR count). The fraction of sp³-hybridized carbons (Fsp3) is 0.167. The van der Waals surface area contributed by atoms with Gasteiger partial charge in [-0.15, -0.1) is 0 Å². The van der Waals surface area contributed by atoms with Gasteiger partial charge >= 0.3 is 0 Å². The fourth-order valence-electron chi connectivity index (χ4n) is 3.31. The number of pyridine rings is 1. The van der Waals surface area contributed by atoms with Crippen molar-refractivity contribution in [2.45, 2.75) is 24.3 Å². The molecule has 32 heavy (non-hydrogen) atoms. The zero-order valence-electron chi connectivity index (χ0n) is 17.8. The molecule has 2 aromatic carbocycles. The van der Waals surface area contributed by atoms with Crippen LogP contribution in [0.2, 0.25) is 5.02 Å². The lowest BCUT2D eigenvalue weighted by Crippen LogP contribution is -2.16. The molecule has 0 saturated carbocycles. The van der Waals surface area contributed by atoms with Crippen LogP contribution in [0.4, 0.5) is 0 Å². The maximum Gasteiger partial charge on any atom is 0.175 e. The molecule has 1 N–H and O–H groups in total. The van der Waals surface area contributed by atoms with E-state index >= 15 is 0 Å². The summed E-state index contributed by atoms with van der Waals surface area (Å²) < 4.78 is 25.4. The van der Waals surface area contributed by atoms with Gasteiger partial charge < -0.3 is 5.11 Å². The standard InChI is InChI=1S/C24H22ClN3O3S/c1-24(2,29)23-14-22(19-9-4-5-10-20(19)25)28(27-23)17-11-12-21(26-15-17)16-7-6-8-18(13-16)32(3,30)31/h4-15,29H,1-3H3. The van der Waals surface area contributed by atoms with E-state index in [0.717, 1.165) is 11.3 Å². The lowest BCUT2D eigenvalue weighted by molar-refractivity contribution is 0.0734. The molecule has 0 aliphatic heterocycles. The minimum atomic E-state index is -3.31. The van der Waals surface area contributed by atoms with Crippen LogP contribution in [0.15, 0.2) is 77.8 Å². The van der Waals surface area contributed by atoms with Crippen LogP contribution in [0.25, 0.3) is 28.2 Å². The SMILES string of the molecule is CC(C)(O)c1cc(-c2ccccc2Cl)n(-c2ccc(-c3cccc(S(C)(=O)=O)c3)nc2)n1. The smallest absolute Gasteiger partial charge is 0.175 e. The number of nitrogens with zero attached hydrogens (tertiary/aromatic N) is 3. The number of halogens is 1. The van der Waals surface area contributed by atoms with E-state index in [2.05, 4.69) is 10.1 Å². The molecule has 0 amide bonds. The van der Waals surface area contributed by atoms with Crippen LogP contribution >= 0.6 is 11.6 Å². The summed E-state index contributed by atoms with van der Waals surface area (Å²) in [7, 11) is -3.31. The zero-order chi connectivity index (χ0) is 23.1. The van der Waals surface area contributed by atoms with Gasteiger partial charge in [0, 0.05) is 22.4 Å². The monoisotopic (exact) mass is 467 g/mol. The van der Waals surface area contributed by atoms with Crippen LogP contribution in [-0.2, 0) is 15.4 Å². The average molecular weight is 468 g/mol. The molecule has 0 unspecified atom stereocenters. The van der Waals surface area contributed by atoms with Gasteiger partial charge in [0.05, 0.1) is 33.9 Å². The van der Waals surface area contributed by atoms with Gasteiger partial charge in [0.15, 0.2) is 9.84 Å². The Bertz CT molecular complexity index is 1390. The zero-order valence-corrected chi connectivity index (χ0v) is 19.4. The highest BCUT2D eigenvalue weighted by Crippen LogP contribution is 2.33. The van der Waals surface area contributed by atoms with E-state index in [1.165, 1.54) is 6.26 Å². The molecule has 8 heteroatoms. The molecule has 0 saturated heterocycles. The maximum atomic E-state index is 11.9. The number of hydrogen-bond acceptors (Lipinski definition) is 5.